The average molecular weight is 415 g/mol. The van der Waals surface area contributed by atoms with Gasteiger partial charge in [0, 0.05) is 11.9 Å². The number of imidazole rings is 1. The first kappa shape index (κ1) is 19.0. The van der Waals surface area contributed by atoms with E-state index in [9.17, 15) is 13.0 Å². The van der Waals surface area contributed by atoms with E-state index in [0.717, 1.165) is 0 Å². The number of nitrogens with zero attached hydrogens (tertiary/aromatic N) is 1. The summed E-state index contributed by atoms with van der Waals surface area (Å²) in [5.41, 5.74) is 1.68. The Labute approximate surface area is 161 Å². The van der Waals surface area contributed by atoms with Crippen LogP contribution in [0, 0.1) is 18.6 Å². The number of nitrogens with one attached hydrogen (secondary N) is 1. The molecule has 0 fully saturated rings. The minimum atomic E-state index is -1.30. The number of aromatic nitrogens is 2. The second kappa shape index (κ2) is 7.47. The highest BCUT2D eigenvalue weighted by Crippen LogP contribution is 2.34. The Morgan fingerprint density at radius 2 is 1.54 bits per heavy atom. The van der Waals surface area contributed by atoms with Gasteiger partial charge in [0.15, 0.2) is 0 Å². The molecule has 0 amide bonds. The van der Waals surface area contributed by atoms with Crippen molar-refractivity contribution in [1.29, 1.82) is 0 Å². The lowest BCUT2D eigenvalue weighted by molar-refractivity contribution is 0.621. The second-order valence-electron chi connectivity index (χ2n) is 5.79. The van der Waals surface area contributed by atoms with Gasteiger partial charge in [0.25, 0.3) is 0 Å². The summed E-state index contributed by atoms with van der Waals surface area (Å²) in [5.74, 6) is -1.36. The van der Waals surface area contributed by atoms with Crippen LogP contribution in [0.3, 0.4) is 0 Å². The standard InChI is InChI=1S/C18H14Cl2F2N2OS/c1-9-18(26(2)25)24-17(23-9)16(10-3-5-12(19)14(21)7-10)11-4-6-13(20)15(22)8-11/h3-8,16H,1-2H3,(H,23,24). The second-order valence-corrected chi connectivity index (χ2v) is 7.90. The Morgan fingerprint density at radius 1 is 1.04 bits per heavy atom. The van der Waals surface area contributed by atoms with Crippen LogP contribution in [-0.4, -0.2) is 20.4 Å². The molecule has 3 aromatic rings. The van der Waals surface area contributed by atoms with E-state index in [1.807, 2.05) is 0 Å². The zero-order valence-electron chi connectivity index (χ0n) is 13.8. The van der Waals surface area contributed by atoms with Crippen molar-refractivity contribution in [3.05, 3.63) is 80.7 Å². The number of H-pyrrole nitrogens is 1. The van der Waals surface area contributed by atoms with E-state index >= 15 is 0 Å². The normalized spacial score (nSPS) is 12.6. The molecular weight excluding hydrogens is 401 g/mol. The van der Waals surface area contributed by atoms with Crippen LogP contribution in [0.25, 0.3) is 0 Å². The van der Waals surface area contributed by atoms with E-state index in [4.69, 9.17) is 23.2 Å². The lowest BCUT2D eigenvalue weighted by Crippen LogP contribution is -2.07. The molecule has 0 aliphatic carbocycles. The summed E-state index contributed by atoms with van der Waals surface area (Å²) in [6.45, 7) is 1.75. The lowest BCUT2D eigenvalue weighted by atomic mass is 9.90. The predicted molar refractivity (Wildman–Crippen MR) is 99.4 cm³/mol. The summed E-state index contributed by atoms with van der Waals surface area (Å²) in [5, 5.41) is 0.371. The fourth-order valence-electron chi connectivity index (χ4n) is 2.78. The quantitative estimate of drug-likeness (QED) is 0.635. The molecule has 0 aliphatic heterocycles. The molecule has 0 saturated heterocycles. The highest BCUT2D eigenvalue weighted by Gasteiger charge is 2.24. The van der Waals surface area contributed by atoms with Crippen LogP contribution in [0.2, 0.25) is 10.0 Å². The molecular formula is C18H14Cl2F2N2OS. The molecule has 3 nitrogen and oxygen atoms in total. The summed E-state index contributed by atoms with van der Waals surface area (Å²) >= 11 is 11.6. The highest BCUT2D eigenvalue weighted by atomic mass is 35.5. The van der Waals surface area contributed by atoms with Gasteiger partial charge in [0.2, 0.25) is 0 Å². The van der Waals surface area contributed by atoms with E-state index in [2.05, 4.69) is 9.97 Å². The zero-order chi connectivity index (χ0) is 19.0. The molecule has 1 heterocycles. The summed E-state index contributed by atoms with van der Waals surface area (Å²) in [6.07, 6.45) is 1.52. The summed E-state index contributed by atoms with van der Waals surface area (Å²) in [7, 11) is -1.30. The number of aryl methyl sites for hydroxylation is 1. The molecule has 8 heteroatoms. The Morgan fingerprint density at radius 3 is 1.92 bits per heavy atom. The average Bonchev–Trinajstić information content (AvgIpc) is 2.96. The first-order chi connectivity index (χ1) is 12.3. The molecule has 0 spiro atoms. The monoisotopic (exact) mass is 414 g/mol. The fourth-order valence-corrected chi connectivity index (χ4v) is 3.72. The zero-order valence-corrected chi connectivity index (χ0v) is 16.1. The van der Waals surface area contributed by atoms with Crippen molar-refractivity contribution >= 4 is 34.0 Å². The third-order valence-corrected chi connectivity index (χ3v) is 5.51. The molecule has 1 aromatic heterocycles. The van der Waals surface area contributed by atoms with Gasteiger partial charge in [-0.1, -0.05) is 35.3 Å². The van der Waals surface area contributed by atoms with Crippen molar-refractivity contribution in [2.45, 2.75) is 17.9 Å². The van der Waals surface area contributed by atoms with Crippen molar-refractivity contribution in [3.63, 3.8) is 0 Å². The van der Waals surface area contributed by atoms with Crippen molar-refractivity contribution in [2.75, 3.05) is 6.26 Å². The number of aromatic amines is 1. The fraction of sp³-hybridized carbons (Fsp3) is 0.167. The van der Waals surface area contributed by atoms with E-state index < -0.39 is 28.4 Å². The maximum absolute atomic E-state index is 14.0. The third-order valence-electron chi connectivity index (χ3n) is 3.96. The molecule has 0 aliphatic rings. The van der Waals surface area contributed by atoms with Crippen molar-refractivity contribution in [1.82, 2.24) is 9.97 Å². The molecule has 1 unspecified atom stereocenters. The summed E-state index contributed by atoms with van der Waals surface area (Å²) in [6, 6.07) is 8.70. The largest absolute Gasteiger partial charge is 0.344 e. The van der Waals surface area contributed by atoms with E-state index in [0.29, 0.717) is 27.7 Å². The number of halogens is 4. The predicted octanol–water partition coefficient (Wildman–Crippen LogP) is 5.22. The SMILES string of the molecule is Cc1[nH]c(C(c2ccc(Cl)c(F)c2)c2ccc(Cl)c(F)c2)nc1S(C)=O. The minimum absolute atomic E-state index is 0.0132. The molecule has 0 saturated carbocycles. The van der Waals surface area contributed by atoms with Crippen LogP contribution in [0.15, 0.2) is 41.4 Å². The first-order valence-electron chi connectivity index (χ1n) is 7.57. The van der Waals surface area contributed by atoms with Gasteiger partial charge in [-0.05, 0) is 42.3 Å². The number of rotatable bonds is 4. The van der Waals surface area contributed by atoms with Crippen LogP contribution in [-0.2, 0) is 10.8 Å². The van der Waals surface area contributed by atoms with Crippen LogP contribution in [0.5, 0.6) is 0 Å². The summed E-state index contributed by atoms with van der Waals surface area (Å²) in [4.78, 5) is 7.48. The van der Waals surface area contributed by atoms with E-state index in [1.54, 1.807) is 19.1 Å². The van der Waals surface area contributed by atoms with Gasteiger partial charge in [0.05, 0.1) is 26.8 Å². The van der Waals surface area contributed by atoms with Gasteiger partial charge in [-0.3, -0.25) is 4.21 Å². The number of hydrogen-bond acceptors (Lipinski definition) is 2. The first-order valence-corrected chi connectivity index (χ1v) is 9.89. The molecule has 136 valence electrons. The molecule has 26 heavy (non-hydrogen) atoms. The van der Waals surface area contributed by atoms with Crippen LogP contribution < -0.4 is 0 Å². The van der Waals surface area contributed by atoms with Gasteiger partial charge in [-0.15, -0.1) is 0 Å². The molecule has 2 aromatic carbocycles. The molecule has 0 radical (unpaired) electrons. The maximum Gasteiger partial charge on any atom is 0.148 e. The van der Waals surface area contributed by atoms with Gasteiger partial charge in [0.1, 0.15) is 22.5 Å². The van der Waals surface area contributed by atoms with Crippen molar-refractivity contribution in [2.24, 2.45) is 0 Å². The lowest BCUT2D eigenvalue weighted by Gasteiger charge is -2.17. The van der Waals surface area contributed by atoms with Gasteiger partial charge in [-0.25, -0.2) is 13.8 Å². The number of benzene rings is 2. The summed E-state index contributed by atoms with van der Waals surface area (Å²) < 4.78 is 39.9. The van der Waals surface area contributed by atoms with Crippen LogP contribution >= 0.6 is 23.2 Å². The minimum Gasteiger partial charge on any atom is -0.344 e. The Balaban J connectivity index is 2.21. The van der Waals surface area contributed by atoms with Gasteiger partial charge >= 0.3 is 0 Å². The smallest absolute Gasteiger partial charge is 0.148 e. The topological polar surface area (TPSA) is 45.8 Å². The van der Waals surface area contributed by atoms with Gasteiger partial charge in [-0.2, -0.15) is 0 Å². The third kappa shape index (κ3) is 3.68. The Hall–Kier alpha value is -1.76. The van der Waals surface area contributed by atoms with Gasteiger partial charge < -0.3 is 4.98 Å². The Kier molecular flexibility index (Phi) is 5.46. The molecule has 1 N–H and O–H groups in total. The van der Waals surface area contributed by atoms with Crippen LogP contribution in [0.4, 0.5) is 8.78 Å². The Bertz CT molecular complexity index is 955. The van der Waals surface area contributed by atoms with Crippen LogP contribution in [0.1, 0.15) is 28.6 Å². The van der Waals surface area contributed by atoms with Crippen molar-refractivity contribution < 1.29 is 13.0 Å². The number of hydrogen-bond donors (Lipinski definition) is 1. The highest BCUT2D eigenvalue weighted by molar-refractivity contribution is 7.84. The van der Waals surface area contributed by atoms with E-state index in [-0.39, 0.29) is 10.0 Å². The molecule has 3 rings (SSSR count). The maximum atomic E-state index is 14.0. The van der Waals surface area contributed by atoms with Crippen molar-refractivity contribution in [3.8, 4) is 0 Å². The molecule has 1 atom stereocenters. The molecule has 0 bridgehead atoms. The van der Waals surface area contributed by atoms with E-state index in [1.165, 1.54) is 30.5 Å².